The molecule has 0 aliphatic rings. The van der Waals surface area contributed by atoms with Gasteiger partial charge in [-0.3, -0.25) is 4.98 Å². The summed E-state index contributed by atoms with van der Waals surface area (Å²) in [7, 11) is 0. The van der Waals surface area contributed by atoms with Crippen LogP contribution in [0.5, 0.6) is 0 Å². The highest BCUT2D eigenvalue weighted by Crippen LogP contribution is 2.15. The van der Waals surface area contributed by atoms with Gasteiger partial charge in [-0.15, -0.1) is 0 Å². The number of hydrogen-bond donors (Lipinski definition) is 2. The van der Waals surface area contributed by atoms with Crippen molar-refractivity contribution in [3.8, 4) is 6.07 Å². The van der Waals surface area contributed by atoms with Crippen molar-refractivity contribution in [2.45, 2.75) is 18.6 Å². The maximum absolute atomic E-state index is 9.46. The van der Waals surface area contributed by atoms with Crippen LogP contribution in [0.25, 0.3) is 0 Å². The van der Waals surface area contributed by atoms with Crippen LogP contribution in [0.1, 0.15) is 18.2 Å². The van der Waals surface area contributed by atoms with Crippen LogP contribution in [0.15, 0.2) is 24.4 Å². The predicted molar refractivity (Wildman–Crippen MR) is 45.4 cm³/mol. The zero-order valence-electron chi connectivity index (χ0n) is 6.96. The summed E-state index contributed by atoms with van der Waals surface area (Å²) >= 11 is 0. The van der Waals surface area contributed by atoms with Gasteiger partial charge in [0, 0.05) is 6.20 Å². The molecule has 0 fully saturated rings. The van der Waals surface area contributed by atoms with E-state index in [2.05, 4.69) is 4.98 Å². The van der Waals surface area contributed by atoms with Crippen molar-refractivity contribution >= 4 is 0 Å². The first-order chi connectivity index (χ1) is 6.25. The molecule has 0 spiro atoms. The third kappa shape index (κ3) is 2.51. The van der Waals surface area contributed by atoms with Crippen molar-refractivity contribution in [2.24, 2.45) is 0 Å². The van der Waals surface area contributed by atoms with E-state index in [1.54, 1.807) is 24.3 Å². The lowest BCUT2D eigenvalue weighted by molar-refractivity contribution is 0.0190. The number of aliphatic hydroxyl groups is 2. The SMILES string of the molecule is N#CCC(O)C(O)c1ccccn1. The fraction of sp³-hybridized carbons (Fsp3) is 0.333. The largest absolute Gasteiger partial charge is 0.389 e. The van der Waals surface area contributed by atoms with E-state index in [-0.39, 0.29) is 6.42 Å². The Morgan fingerprint density at radius 1 is 1.46 bits per heavy atom. The lowest BCUT2D eigenvalue weighted by Crippen LogP contribution is -2.18. The fourth-order valence-electron chi connectivity index (χ4n) is 0.953. The average Bonchev–Trinajstić information content (AvgIpc) is 2.18. The van der Waals surface area contributed by atoms with E-state index in [9.17, 15) is 10.2 Å². The smallest absolute Gasteiger partial charge is 0.123 e. The molecule has 0 aromatic carbocycles. The summed E-state index contributed by atoms with van der Waals surface area (Å²) in [6, 6.07) is 6.81. The first kappa shape index (κ1) is 9.65. The highest BCUT2D eigenvalue weighted by atomic mass is 16.3. The summed E-state index contributed by atoms with van der Waals surface area (Å²) in [5, 5.41) is 27.0. The molecule has 0 saturated heterocycles. The Morgan fingerprint density at radius 2 is 2.23 bits per heavy atom. The van der Waals surface area contributed by atoms with Gasteiger partial charge in [0.15, 0.2) is 0 Å². The minimum absolute atomic E-state index is 0.0995. The van der Waals surface area contributed by atoms with Gasteiger partial charge in [-0.05, 0) is 12.1 Å². The number of aromatic nitrogens is 1. The maximum atomic E-state index is 9.46. The molecule has 0 amide bonds. The molecule has 0 bridgehead atoms. The van der Waals surface area contributed by atoms with E-state index >= 15 is 0 Å². The molecule has 2 unspecified atom stereocenters. The molecule has 1 heterocycles. The number of rotatable bonds is 3. The van der Waals surface area contributed by atoms with Gasteiger partial charge in [-0.25, -0.2) is 0 Å². The van der Waals surface area contributed by atoms with E-state index in [0.29, 0.717) is 5.69 Å². The predicted octanol–water partition coefficient (Wildman–Crippen LogP) is 0.390. The van der Waals surface area contributed by atoms with E-state index < -0.39 is 12.2 Å². The Morgan fingerprint density at radius 3 is 2.77 bits per heavy atom. The van der Waals surface area contributed by atoms with Crippen LogP contribution < -0.4 is 0 Å². The van der Waals surface area contributed by atoms with Crippen LogP contribution in [0.4, 0.5) is 0 Å². The number of hydrogen-bond acceptors (Lipinski definition) is 4. The third-order valence-electron chi connectivity index (χ3n) is 1.66. The molecule has 1 rings (SSSR count). The van der Waals surface area contributed by atoms with Crippen LogP contribution in [-0.4, -0.2) is 21.3 Å². The quantitative estimate of drug-likeness (QED) is 0.701. The van der Waals surface area contributed by atoms with Gasteiger partial charge in [-0.2, -0.15) is 5.26 Å². The van der Waals surface area contributed by atoms with Crippen LogP contribution in [0.3, 0.4) is 0 Å². The molecule has 2 atom stereocenters. The second kappa shape index (κ2) is 4.55. The van der Waals surface area contributed by atoms with E-state index in [1.807, 2.05) is 0 Å². The van der Waals surface area contributed by atoms with Crippen molar-refractivity contribution in [1.29, 1.82) is 5.26 Å². The molecule has 13 heavy (non-hydrogen) atoms. The highest BCUT2D eigenvalue weighted by Gasteiger charge is 2.18. The van der Waals surface area contributed by atoms with E-state index in [4.69, 9.17) is 5.26 Å². The lowest BCUT2D eigenvalue weighted by Gasteiger charge is -2.13. The van der Waals surface area contributed by atoms with E-state index in [1.165, 1.54) is 6.20 Å². The maximum Gasteiger partial charge on any atom is 0.123 e. The normalized spacial score (nSPS) is 14.5. The van der Waals surface area contributed by atoms with Crippen LogP contribution in [0, 0.1) is 11.3 Å². The minimum atomic E-state index is -1.08. The fourth-order valence-corrected chi connectivity index (χ4v) is 0.953. The zero-order chi connectivity index (χ0) is 9.68. The summed E-state index contributed by atoms with van der Waals surface area (Å²) in [6.07, 6.45) is -0.726. The van der Waals surface area contributed by atoms with Gasteiger partial charge in [0.1, 0.15) is 6.10 Å². The third-order valence-corrected chi connectivity index (χ3v) is 1.66. The second-order valence-corrected chi connectivity index (χ2v) is 2.63. The molecule has 0 saturated carbocycles. The molecule has 0 aliphatic heterocycles. The topological polar surface area (TPSA) is 77.1 Å². The number of pyridine rings is 1. The molecular weight excluding hydrogens is 168 g/mol. The van der Waals surface area contributed by atoms with Crippen molar-refractivity contribution < 1.29 is 10.2 Å². The summed E-state index contributed by atoms with van der Waals surface area (Å²) in [6.45, 7) is 0. The van der Waals surface area contributed by atoms with Crippen molar-refractivity contribution in [3.05, 3.63) is 30.1 Å². The van der Waals surface area contributed by atoms with E-state index in [0.717, 1.165) is 0 Å². The van der Waals surface area contributed by atoms with Gasteiger partial charge < -0.3 is 10.2 Å². The zero-order valence-corrected chi connectivity index (χ0v) is 6.96. The molecule has 1 aromatic rings. The Bertz CT molecular complexity index is 294. The summed E-state index contributed by atoms with van der Waals surface area (Å²) in [5.41, 5.74) is 0.380. The standard InChI is InChI=1S/C9H10N2O2/c10-5-4-8(12)9(13)7-3-1-2-6-11-7/h1-3,6,8-9,12-13H,4H2. The van der Waals surface area contributed by atoms with Gasteiger partial charge in [-0.1, -0.05) is 6.07 Å². The van der Waals surface area contributed by atoms with Gasteiger partial charge >= 0.3 is 0 Å². The number of nitriles is 1. The first-order valence-electron chi connectivity index (χ1n) is 3.89. The minimum Gasteiger partial charge on any atom is -0.389 e. The van der Waals surface area contributed by atoms with Crippen molar-refractivity contribution in [2.75, 3.05) is 0 Å². The first-order valence-corrected chi connectivity index (χ1v) is 3.89. The Kier molecular flexibility index (Phi) is 3.38. The van der Waals surface area contributed by atoms with Gasteiger partial charge in [0.05, 0.1) is 24.3 Å². The summed E-state index contributed by atoms with van der Waals surface area (Å²) in [4.78, 5) is 3.86. The Labute approximate surface area is 76.1 Å². The molecule has 4 heteroatoms. The monoisotopic (exact) mass is 178 g/mol. The van der Waals surface area contributed by atoms with Crippen LogP contribution in [0.2, 0.25) is 0 Å². The number of aliphatic hydroxyl groups excluding tert-OH is 2. The van der Waals surface area contributed by atoms with Crippen LogP contribution in [-0.2, 0) is 0 Å². The van der Waals surface area contributed by atoms with Crippen molar-refractivity contribution in [1.82, 2.24) is 4.98 Å². The molecule has 0 radical (unpaired) electrons. The van der Waals surface area contributed by atoms with Gasteiger partial charge in [0.25, 0.3) is 0 Å². The number of nitrogens with zero attached hydrogens (tertiary/aromatic N) is 2. The summed E-state index contributed by atoms with van der Waals surface area (Å²) < 4.78 is 0. The average molecular weight is 178 g/mol. The Hall–Kier alpha value is -1.44. The van der Waals surface area contributed by atoms with Crippen LogP contribution >= 0.6 is 0 Å². The summed E-state index contributed by atoms with van der Waals surface area (Å²) in [5.74, 6) is 0. The Balaban J connectivity index is 2.69. The second-order valence-electron chi connectivity index (χ2n) is 2.63. The highest BCUT2D eigenvalue weighted by molar-refractivity contribution is 5.08. The molecular formula is C9H10N2O2. The molecule has 1 aromatic heterocycles. The molecule has 2 N–H and O–H groups in total. The molecule has 4 nitrogen and oxygen atoms in total. The van der Waals surface area contributed by atoms with Crippen molar-refractivity contribution in [3.63, 3.8) is 0 Å². The molecule has 68 valence electrons. The van der Waals surface area contributed by atoms with Gasteiger partial charge in [0.2, 0.25) is 0 Å². The lowest BCUT2D eigenvalue weighted by atomic mass is 10.1. The molecule has 0 aliphatic carbocycles.